The van der Waals surface area contributed by atoms with E-state index in [1.165, 1.54) is 12.7 Å². The maximum atomic E-state index is 11.2. The van der Waals surface area contributed by atoms with Gasteiger partial charge in [0.05, 0.1) is 20.1 Å². The molecule has 1 heterocycles. The molecule has 1 saturated heterocycles. The third-order valence-electron chi connectivity index (χ3n) is 4.06. The molecule has 2 rings (SSSR count). The Morgan fingerprint density at radius 3 is 2.54 bits per heavy atom. The van der Waals surface area contributed by atoms with Crippen molar-refractivity contribution in [1.29, 1.82) is 0 Å². The second-order valence-electron chi connectivity index (χ2n) is 5.81. The first-order valence-corrected chi connectivity index (χ1v) is 8.59. The summed E-state index contributed by atoms with van der Waals surface area (Å²) in [5.74, 6) is 0.669. The fourth-order valence-corrected chi connectivity index (χ4v) is 2.74. The molecule has 1 aliphatic rings. The van der Waals surface area contributed by atoms with E-state index in [2.05, 4.69) is 62.1 Å². The van der Waals surface area contributed by atoms with Crippen molar-refractivity contribution in [1.82, 2.24) is 15.1 Å². The first-order chi connectivity index (χ1) is 11.7. The Balaban J connectivity index is 1.83. The number of guanidine groups is 1. The van der Waals surface area contributed by atoms with Gasteiger partial charge in [-0.2, -0.15) is 0 Å². The Labute approximate surface area is 144 Å². The van der Waals surface area contributed by atoms with Crippen LogP contribution in [0.2, 0.25) is 0 Å². The number of benzene rings is 1. The van der Waals surface area contributed by atoms with Gasteiger partial charge in [0.1, 0.15) is 0 Å². The minimum atomic E-state index is -0.220. The second-order valence-corrected chi connectivity index (χ2v) is 5.81. The zero-order valence-corrected chi connectivity index (χ0v) is 14.7. The molecule has 132 valence electrons. The van der Waals surface area contributed by atoms with Gasteiger partial charge >= 0.3 is 5.97 Å². The second kappa shape index (κ2) is 9.93. The number of esters is 1. The quantitative estimate of drug-likeness (QED) is 0.484. The smallest absolute Gasteiger partial charge is 0.307 e. The van der Waals surface area contributed by atoms with E-state index in [1.54, 1.807) is 0 Å². The highest BCUT2D eigenvalue weighted by Crippen LogP contribution is 2.08. The number of hydrogen-bond acceptors (Lipinski definition) is 4. The minimum absolute atomic E-state index is 0.220. The summed E-state index contributed by atoms with van der Waals surface area (Å²) in [6.45, 7) is 8.23. The molecule has 0 aliphatic carbocycles. The fourth-order valence-electron chi connectivity index (χ4n) is 2.74. The molecule has 1 aromatic carbocycles. The highest BCUT2D eigenvalue weighted by atomic mass is 16.5. The van der Waals surface area contributed by atoms with Crippen LogP contribution in [0.3, 0.4) is 0 Å². The summed E-state index contributed by atoms with van der Waals surface area (Å²) in [5, 5.41) is 3.31. The molecule has 0 unspecified atom stereocenters. The molecule has 0 saturated carbocycles. The normalized spacial score (nSPS) is 16.1. The molecule has 0 amide bonds. The van der Waals surface area contributed by atoms with Crippen LogP contribution in [-0.2, 0) is 16.1 Å². The molecule has 1 fully saturated rings. The number of hydrogen-bond donors (Lipinski definition) is 1. The zero-order valence-electron chi connectivity index (χ0n) is 14.7. The van der Waals surface area contributed by atoms with Crippen LogP contribution in [-0.4, -0.2) is 68.1 Å². The molecule has 1 aliphatic heterocycles. The third-order valence-corrected chi connectivity index (χ3v) is 4.06. The lowest BCUT2D eigenvalue weighted by atomic mass is 10.2. The third kappa shape index (κ3) is 5.85. The number of carbonyl (C=O) groups excluding carboxylic acids is 1. The Hall–Kier alpha value is -2.08. The van der Waals surface area contributed by atoms with Gasteiger partial charge in [-0.3, -0.25) is 14.7 Å². The van der Waals surface area contributed by atoms with Gasteiger partial charge in [0.25, 0.3) is 0 Å². The van der Waals surface area contributed by atoms with Crippen molar-refractivity contribution < 1.29 is 9.53 Å². The topological polar surface area (TPSA) is 57.2 Å². The van der Waals surface area contributed by atoms with Crippen molar-refractivity contribution in [3.63, 3.8) is 0 Å². The van der Waals surface area contributed by atoms with Gasteiger partial charge in [-0.05, 0) is 12.5 Å². The lowest BCUT2D eigenvalue weighted by molar-refractivity contribution is -0.140. The Morgan fingerprint density at radius 1 is 1.21 bits per heavy atom. The predicted molar refractivity (Wildman–Crippen MR) is 95.9 cm³/mol. The highest BCUT2D eigenvalue weighted by molar-refractivity contribution is 5.80. The van der Waals surface area contributed by atoms with Crippen LogP contribution in [0.25, 0.3) is 0 Å². The van der Waals surface area contributed by atoms with Crippen LogP contribution < -0.4 is 5.32 Å². The van der Waals surface area contributed by atoms with Gasteiger partial charge in [0, 0.05) is 39.3 Å². The zero-order chi connectivity index (χ0) is 17.2. The molecule has 1 aromatic rings. The first-order valence-electron chi connectivity index (χ1n) is 8.59. The SMILES string of the molecule is CCNC(=NCCC(=O)OC)N1CCN(Cc2ccccc2)CC1. The van der Waals surface area contributed by atoms with Gasteiger partial charge in [-0.1, -0.05) is 30.3 Å². The van der Waals surface area contributed by atoms with Crippen LogP contribution in [0.5, 0.6) is 0 Å². The largest absolute Gasteiger partial charge is 0.469 e. The molecule has 6 heteroatoms. The van der Waals surface area contributed by atoms with Gasteiger partial charge in [-0.15, -0.1) is 0 Å². The maximum absolute atomic E-state index is 11.2. The molecule has 24 heavy (non-hydrogen) atoms. The predicted octanol–water partition coefficient (Wildman–Crippen LogP) is 1.33. The number of nitrogens with zero attached hydrogens (tertiary/aromatic N) is 3. The van der Waals surface area contributed by atoms with Crippen molar-refractivity contribution in [2.24, 2.45) is 4.99 Å². The van der Waals surface area contributed by atoms with Gasteiger partial charge in [0.2, 0.25) is 0 Å². The Morgan fingerprint density at radius 2 is 1.92 bits per heavy atom. The van der Waals surface area contributed by atoms with Crippen LogP contribution in [0.4, 0.5) is 0 Å². The number of methoxy groups -OCH3 is 1. The number of carbonyl (C=O) groups is 1. The Kier molecular flexibility index (Phi) is 7.55. The van der Waals surface area contributed by atoms with Crippen molar-refractivity contribution in [2.75, 3.05) is 46.4 Å². The monoisotopic (exact) mass is 332 g/mol. The summed E-state index contributed by atoms with van der Waals surface area (Å²) in [6.07, 6.45) is 0.319. The van der Waals surface area contributed by atoms with Crippen LogP contribution in [0.15, 0.2) is 35.3 Å². The lowest BCUT2D eigenvalue weighted by Crippen LogP contribution is -2.52. The standard InChI is InChI=1S/C18H28N4O2/c1-3-19-18(20-10-9-17(23)24-2)22-13-11-21(12-14-22)15-16-7-5-4-6-8-16/h4-8H,3,9-15H2,1-2H3,(H,19,20). The fraction of sp³-hybridized carbons (Fsp3) is 0.556. The van der Waals surface area contributed by atoms with Gasteiger partial charge < -0.3 is 15.0 Å². The average Bonchev–Trinajstić information content (AvgIpc) is 2.62. The minimum Gasteiger partial charge on any atom is -0.469 e. The molecule has 1 N–H and O–H groups in total. The van der Waals surface area contributed by atoms with E-state index >= 15 is 0 Å². The van der Waals surface area contributed by atoms with Gasteiger partial charge in [-0.25, -0.2) is 0 Å². The van der Waals surface area contributed by atoms with Crippen LogP contribution >= 0.6 is 0 Å². The number of rotatable bonds is 6. The average molecular weight is 332 g/mol. The molecule has 0 aromatic heterocycles. The van der Waals surface area contributed by atoms with E-state index in [9.17, 15) is 4.79 Å². The number of nitrogens with one attached hydrogen (secondary N) is 1. The van der Waals surface area contributed by atoms with Crippen molar-refractivity contribution in [3.05, 3.63) is 35.9 Å². The van der Waals surface area contributed by atoms with Crippen LogP contribution in [0, 0.1) is 0 Å². The Bertz CT molecular complexity index is 525. The molecule has 0 bridgehead atoms. The summed E-state index contributed by atoms with van der Waals surface area (Å²) in [7, 11) is 1.41. The summed E-state index contributed by atoms with van der Waals surface area (Å²) >= 11 is 0. The molecule has 0 atom stereocenters. The van der Waals surface area contributed by atoms with Crippen molar-refractivity contribution in [2.45, 2.75) is 19.9 Å². The highest BCUT2D eigenvalue weighted by Gasteiger charge is 2.19. The molecular formula is C18H28N4O2. The lowest BCUT2D eigenvalue weighted by Gasteiger charge is -2.36. The van der Waals surface area contributed by atoms with E-state index in [4.69, 9.17) is 0 Å². The van der Waals surface area contributed by atoms with E-state index in [-0.39, 0.29) is 5.97 Å². The molecular weight excluding hydrogens is 304 g/mol. The molecule has 0 radical (unpaired) electrons. The number of piperazine rings is 1. The van der Waals surface area contributed by atoms with Crippen molar-refractivity contribution >= 4 is 11.9 Å². The summed E-state index contributed by atoms with van der Waals surface area (Å²) < 4.78 is 4.66. The summed E-state index contributed by atoms with van der Waals surface area (Å²) in [6, 6.07) is 10.6. The summed E-state index contributed by atoms with van der Waals surface area (Å²) in [4.78, 5) is 20.5. The van der Waals surface area contributed by atoms with E-state index in [0.29, 0.717) is 13.0 Å². The maximum Gasteiger partial charge on any atom is 0.307 e. The first kappa shape index (κ1) is 18.3. The van der Waals surface area contributed by atoms with E-state index in [1.807, 2.05) is 0 Å². The summed E-state index contributed by atoms with van der Waals surface area (Å²) in [5.41, 5.74) is 1.35. The van der Waals surface area contributed by atoms with E-state index < -0.39 is 0 Å². The van der Waals surface area contributed by atoms with Crippen LogP contribution in [0.1, 0.15) is 18.9 Å². The van der Waals surface area contributed by atoms with Crippen molar-refractivity contribution in [3.8, 4) is 0 Å². The molecule has 6 nitrogen and oxygen atoms in total. The molecule has 0 spiro atoms. The van der Waals surface area contributed by atoms with Gasteiger partial charge in [0.15, 0.2) is 5.96 Å². The van der Waals surface area contributed by atoms with E-state index in [0.717, 1.165) is 45.2 Å². The number of aliphatic imine (C=N–C) groups is 1. The number of ether oxygens (including phenoxy) is 1.